The van der Waals surface area contributed by atoms with E-state index in [1.165, 1.54) is 49.7 Å². The van der Waals surface area contributed by atoms with Crippen molar-refractivity contribution in [3.63, 3.8) is 0 Å². The Morgan fingerprint density at radius 1 is 0.600 bits per heavy atom. The number of benzene rings is 2. The Kier molecular flexibility index (Phi) is 4.53. The van der Waals surface area contributed by atoms with Crippen LogP contribution in [0.15, 0.2) is 60.7 Å². The van der Waals surface area contributed by atoms with Gasteiger partial charge in [0.1, 0.15) is 0 Å². The minimum Gasteiger partial charge on any atom is -0.0622 e. The van der Waals surface area contributed by atoms with Gasteiger partial charge in [0, 0.05) is 0 Å². The van der Waals surface area contributed by atoms with Gasteiger partial charge in [0.05, 0.1) is 0 Å². The van der Waals surface area contributed by atoms with Gasteiger partial charge in [-0.3, -0.25) is 0 Å². The van der Waals surface area contributed by atoms with Crippen LogP contribution in [0.1, 0.15) is 36.8 Å². The molecular formula is C20H24. The second-order valence-electron chi connectivity index (χ2n) is 6.15. The van der Waals surface area contributed by atoms with Crippen LogP contribution in [0.4, 0.5) is 0 Å². The summed E-state index contributed by atoms with van der Waals surface area (Å²) in [4.78, 5) is 0. The Morgan fingerprint density at radius 2 is 1.00 bits per heavy atom. The summed E-state index contributed by atoms with van der Waals surface area (Å²) >= 11 is 0. The minimum atomic E-state index is 0.971. The molecule has 0 heterocycles. The maximum Gasteiger partial charge on any atom is -0.0276 e. The largest absolute Gasteiger partial charge is 0.0622 e. The number of hydrogen-bond acceptors (Lipinski definition) is 0. The molecule has 0 heteroatoms. The highest BCUT2D eigenvalue weighted by molar-refractivity contribution is 5.16. The molecule has 0 aliphatic heterocycles. The molecule has 0 unspecified atom stereocenters. The van der Waals surface area contributed by atoms with E-state index in [-0.39, 0.29) is 0 Å². The van der Waals surface area contributed by atoms with Crippen LogP contribution < -0.4 is 0 Å². The molecule has 20 heavy (non-hydrogen) atoms. The Bertz CT molecular complexity index is 451. The van der Waals surface area contributed by atoms with Crippen molar-refractivity contribution in [2.24, 2.45) is 11.8 Å². The molecule has 2 aromatic rings. The van der Waals surface area contributed by atoms with Crippen molar-refractivity contribution in [3.05, 3.63) is 71.8 Å². The molecular weight excluding hydrogens is 240 g/mol. The highest BCUT2D eigenvalue weighted by Gasteiger charge is 2.29. The van der Waals surface area contributed by atoms with Gasteiger partial charge in [-0.05, 0) is 61.5 Å². The summed E-state index contributed by atoms with van der Waals surface area (Å²) in [6.07, 6.45) is 8.17. The third-order valence-corrected chi connectivity index (χ3v) is 4.87. The number of hydrogen-bond donors (Lipinski definition) is 0. The van der Waals surface area contributed by atoms with Gasteiger partial charge >= 0.3 is 0 Å². The monoisotopic (exact) mass is 264 g/mol. The highest BCUT2D eigenvalue weighted by atomic mass is 14.3. The molecule has 1 aliphatic carbocycles. The topological polar surface area (TPSA) is 0 Å². The fourth-order valence-electron chi connectivity index (χ4n) is 3.39. The SMILES string of the molecule is c1ccc(CC[C@@H]2CC[C@H]2CCc2ccccc2)cc1. The van der Waals surface area contributed by atoms with Crippen LogP contribution in [-0.4, -0.2) is 0 Å². The lowest BCUT2D eigenvalue weighted by molar-refractivity contribution is 0.153. The van der Waals surface area contributed by atoms with E-state index in [2.05, 4.69) is 60.7 Å². The van der Waals surface area contributed by atoms with Crippen LogP contribution in [0.2, 0.25) is 0 Å². The summed E-state index contributed by atoms with van der Waals surface area (Å²) in [5.41, 5.74) is 3.00. The Morgan fingerprint density at radius 3 is 1.35 bits per heavy atom. The first-order valence-corrected chi connectivity index (χ1v) is 7.99. The normalized spacial score (nSPS) is 21.4. The van der Waals surface area contributed by atoms with E-state index in [1.54, 1.807) is 0 Å². The van der Waals surface area contributed by atoms with Crippen molar-refractivity contribution < 1.29 is 0 Å². The fraction of sp³-hybridized carbons (Fsp3) is 0.400. The van der Waals surface area contributed by atoms with Crippen LogP contribution in [0.5, 0.6) is 0 Å². The van der Waals surface area contributed by atoms with Gasteiger partial charge in [-0.1, -0.05) is 60.7 Å². The summed E-state index contributed by atoms with van der Waals surface area (Å²) in [7, 11) is 0. The zero-order valence-electron chi connectivity index (χ0n) is 12.2. The Balaban J connectivity index is 1.43. The molecule has 104 valence electrons. The average molecular weight is 264 g/mol. The predicted molar refractivity (Wildman–Crippen MR) is 85.7 cm³/mol. The standard InChI is InChI=1S/C20H24/c1-3-7-17(8-4-1)11-13-19-15-16-20(19)14-12-18-9-5-2-6-10-18/h1-10,19-20H,11-16H2/t19-,20-/m1/s1. The molecule has 0 radical (unpaired) electrons. The van der Waals surface area contributed by atoms with Crippen LogP contribution in [-0.2, 0) is 12.8 Å². The second kappa shape index (κ2) is 6.74. The van der Waals surface area contributed by atoms with Crippen molar-refractivity contribution in [1.29, 1.82) is 0 Å². The Hall–Kier alpha value is -1.56. The molecule has 0 bridgehead atoms. The van der Waals surface area contributed by atoms with Gasteiger partial charge in [0.25, 0.3) is 0 Å². The summed E-state index contributed by atoms with van der Waals surface area (Å²) in [5, 5.41) is 0. The van der Waals surface area contributed by atoms with Crippen LogP contribution >= 0.6 is 0 Å². The van der Waals surface area contributed by atoms with Crippen LogP contribution in [0, 0.1) is 11.8 Å². The molecule has 0 N–H and O–H groups in total. The highest BCUT2D eigenvalue weighted by Crippen LogP contribution is 2.40. The molecule has 0 aromatic heterocycles. The fourth-order valence-corrected chi connectivity index (χ4v) is 3.39. The molecule has 2 aromatic carbocycles. The first-order valence-electron chi connectivity index (χ1n) is 7.99. The molecule has 0 saturated heterocycles. The van der Waals surface area contributed by atoms with E-state index < -0.39 is 0 Å². The van der Waals surface area contributed by atoms with E-state index in [1.807, 2.05) is 0 Å². The predicted octanol–water partition coefficient (Wildman–Crippen LogP) is 5.28. The van der Waals surface area contributed by atoms with E-state index in [4.69, 9.17) is 0 Å². The summed E-state index contributed by atoms with van der Waals surface area (Å²) in [6, 6.07) is 21.9. The maximum absolute atomic E-state index is 2.26. The number of aryl methyl sites for hydroxylation is 2. The second-order valence-corrected chi connectivity index (χ2v) is 6.15. The van der Waals surface area contributed by atoms with Gasteiger partial charge < -0.3 is 0 Å². The van der Waals surface area contributed by atoms with Crippen LogP contribution in [0.3, 0.4) is 0 Å². The van der Waals surface area contributed by atoms with E-state index in [9.17, 15) is 0 Å². The van der Waals surface area contributed by atoms with E-state index >= 15 is 0 Å². The maximum atomic E-state index is 2.26. The van der Waals surface area contributed by atoms with Crippen LogP contribution in [0.25, 0.3) is 0 Å². The zero-order chi connectivity index (χ0) is 13.6. The molecule has 2 atom stereocenters. The Labute approximate surface area is 122 Å². The third-order valence-electron chi connectivity index (χ3n) is 4.87. The van der Waals surface area contributed by atoms with Gasteiger partial charge in [0.2, 0.25) is 0 Å². The molecule has 0 amide bonds. The summed E-state index contributed by atoms with van der Waals surface area (Å²) < 4.78 is 0. The quantitative estimate of drug-likeness (QED) is 0.666. The molecule has 1 fully saturated rings. The van der Waals surface area contributed by atoms with E-state index in [0.717, 1.165) is 11.8 Å². The molecule has 1 saturated carbocycles. The van der Waals surface area contributed by atoms with Crippen molar-refractivity contribution in [2.75, 3.05) is 0 Å². The van der Waals surface area contributed by atoms with Gasteiger partial charge in [-0.25, -0.2) is 0 Å². The number of rotatable bonds is 6. The lowest BCUT2D eigenvalue weighted by Crippen LogP contribution is -2.26. The zero-order valence-corrected chi connectivity index (χ0v) is 12.2. The molecule has 0 nitrogen and oxygen atoms in total. The lowest BCUT2D eigenvalue weighted by atomic mass is 9.69. The van der Waals surface area contributed by atoms with Crippen molar-refractivity contribution in [2.45, 2.75) is 38.5 Å². The summed E-state index contributed by atoms with van der Waals surface area (Å²) in [6.45, 7) is 0. The van der Waals surface area contributed by atoms with Crippen molar-refractivity contribution in [1.82, 2.24) is 0 Å². The van der Waals surface area contributed by atoms with Gasteiger partial charge in [0.15, 0.2) is 0 Å². The molecule has 1 aliphatic rings. The molecule has 0 spiro atoms. The van der Waals surface area contributed by atoms with Gasteiger partial charge in [-0.2, -0.15) is 0 Å². The van der Waals surface area contributed by atoms with Crippen molar-refractivity contribution >= 4 is 0 Å². The molecule has 3 rings (SSSR count). The first kappa shape index (κ1) is 13.4. The van der Waals surface area contributed by atoms with Crippen molar-refractivity contribution in [3.8, 4) is 0 Å². The summed E-state index contributed by atoms with van der Waals surface area (Å²) in [5.74, 6) is 1.94. The lowest BCUT2D eigenvalue weighted by Gasteiger charge is -2.37. The third kappa shape index (κ3) is 3.50. The average Bonchev–Trinajstić information content (AvgIpc) is 2.49. The minimum absolute atomic E-state index is 0.971. The van der Waals surface area contributed by atoms with Gasteiger partial charge in [-0.15, -0.1) is 0 Å². The van der Waals surface area contributed by atoms with E-state index in [0.29, 0.717) is 0 Å². The first-order chi connectivity index (χ1) is 9.92. The smallest absolute Gasteiger partial charge is 0.0276 e.